The molecule has 1 aliphatic heterocycles. The number of carbonyl (C=O) groups is 1. The minimum absolute atomic E-state index is 0.00325. The summed E-state index contributed by atoms with van der Waals surface area (Å²) in [5, 5.41) is 4.23. The average Bonchev–Trinajstić information content (AvgIpc) is 3.25. The quantitative estimate of drug-likeness (QED) is 0.726. The molecule has 0 spiro atoms. The van der Waals surface area contributed by atoms with Crippen molar-refractivity contribution in [1.29, 1.82) is 0 Å². The fourth-order valence-corrected chi connectivity index (χ4v) is 4.43. The molecule has 0 bridgehead atoms. The molecule has 3 aromatic rings. The monoisotopic (exact) mass is 389 g/mol. The van der Waals surface area contributed by atoms with Gasteiger partial charge >= 0.3 is 0 Å². The first-order chi connectivity index (χ1) is 14.0. The van der Waals surface area contributed by atoms with Gasteiger partial charge in [0.1, 0.15) is 0 Å². The number of aryl methyl sites for hydroxylation is 1. The van der Waals surface area contributed by atoms with Gasteiger partial charge in [0.05, 0.1) is 17.6 Å². The number of fused-ring (bicyclic) bond motifs is 1. The molecule has 0 aliphatic carbocycles. The Bertz CT molecular complexity index is 1070. The van der Waals surface area contributed by atoms with Gasteiger partial charge in [-0.25, -0.2) is 0 Å². The minimum atomic E-state index is -0.162. The number of hydrogen-bond acceptors (Lipinski definition) is 3. The summed E-state index contributed by atoms with van der Waals surface area (Å²) in [6.45, 7) is 3.57. The zero-order valence-electron chi connectivity index (χ0n) is 17.0. The first-order valence-corrected chi connectivity index (χ1v) is 10.2. The number of nitrogens with one attached hydrogen (secondary N) is 1. The zero-order valence-corrected chi connectivity index (χ0v) is 17.0. The van der Waals surface area contributed by atoms with E-state index in [-0.39, 0.29) is 23.6 Å². The Hall–Kier alpha value is -2.92. The van der Waals surface area contributed by atoms with Crippen LogP contribution in [0.15, 0.2) is 65.5 Å². The fourth-order valence-electron chi connectivity index (χ4n) is 4.43. The van der Waals surface area contributed by atoms with E-state index >= 15 is 0 Å². The molecule has 5 heteroatoms. The van der Waals surface area contributed by atoms with Gasteiger partial charge in [-0.3, -0.25) is 14.5 Å². The Morgan fingerprint density at radius 3 is 2.34 bits per heavy atom. The van der Waals surface area contributed by atoms with Gasteiger partial charge in [0.25, 0.3) is 5.56 Å². The number of likely N-dealkylation sites (tertiary alicyclic amines) is 1. The van der Waals surface area contributed by atoms with Gasteiger partial charge in [-0.2, -0.15) is 0 Å². The van der Waals surface area contributed by atoms with Gasteiger partial charge in [-0.05, 0) is 54.6 Å². The second-order valence-corrected chi connectivity index (χ2v) is 7.83. The molecular weight excluding hydrogens is 362 g/mol. The van der Waals surface area contributed by atoms with E-state index in [2.05, 4.69) is 40.5 Å². The summed E-state index contributed by atoms with van der Waals surface area (Å²) in [5.41, 5.74) is 3.09. The third-order valence-electron chi connectivity index (χ3n) is 5.86. The van der Waals surface area contributed by atoms with E-state index in [0.717, 1.165) is 48.0 Å². The van der Waals surface area contributed by atoms with Crippen LogP contribution in [0.3, 0.4) is 0 Å². The molecule has 0 radical (unpaired) electrons. The third-order valence-corrected chi connectivity index (χ3v) is 5.86. The van der Waals surface area contributed by atoms with Gasteiger partial charge in [0, 0.05) is 20.0 Å². The van der Waals surface area contributed by atoms with E-state index in [4.69, 9.17) is 0 Å². The molecule has 29 heavy (non-hydrogen) atoms. The molecule has 0 saturated carbocycles. The summed E-state index contributed by atoms with van der Waals surface area (Å²) >= 11 is 0. The number of benzene rings is 2. The lowest BCUT2D eigenvalue weighted by Gasteiger charge is -2.36. The molecule has 2 atom stereocenters. The third kappa shape index (κ3) is 3.96. The van der Waals surface area contributed by atoms with E-state index in [9.17, 15) is 9.59 Å². The lowest BCUT2D eigenvalue weighted by atomic mass is 9.91. The van der Waals surface area contributed by atoms with Crippen LogP contribution in [0.4, 0.5) is 0 Å². The number of pyridine rings is 1. The molecule has 2 unspecified atom stereocenters. The molecule has 1 aromatic heterocycles. The maximum Gasteiger partial charge on any atom is 0.250 e. The number of aromatic nitrogens is 1. The standard InChI is InChI=1S/C24H27N3O2/c1-17(28)25-23(19-8-4-3-5-9-19)24(27-14-6-7-15-27)20-11-10-18-12-13-22(29)26(2)21(18)16-20/h3-5,8-13,16,23-24H,6-7,14-15H2,1-2H3,(H,25,28). The van der Waals surface area contributed by atoms with Crippen LogP contribution >= 0.6 is 0 Å². The van der Waals surface area contributed by atoms with Crippen molar-refractivity contribution in [1.82, 2.24) is 14.8 Å². The maximum atomic E-state index is 12.2. The highest BCUT2D eigenvalue weighted by molar-refractivity contribution is 5.80. The van der Waals surface area contributed by atoms with Crippen LogP contribution in [-0.4, -0.2) is 28.5 Å². The maximum absolute atomic E-state index is 12.2. The molecule has 1 amide bonds. The Morgan fingerprint density at radius 2 is 1.66 bits per heavy atom. The molecule has 1 saturated heterocycles. The van der Waals surface area contributed by atoms with Gasteiger partial charge in [-0.1, -0.05) is 42.5 Å². The minimum Gasteiger partial charge on any atom is -0.348 e. The van der Waals surface area contributed by atoms with Crippen LogP contribution < -0.4 is 10.9 Å². The smallest absolute Gasteiger partial charge is 0.250 e. The van der Waals surface area contributed by atoms with Crippen LogP contribution in [0.25, 0.3) is 10.9 Å². The van der Waals surface area contributed by atoms with E-state index in [1.165, 1.54) is 0 Å². The van der Waals surface area contributed by atoms with Gasteiger partial charge < -0.3 is 9.88 Å². The Balaban J connectivity index is 1.87. The molecule has 2 heterocycles. The van der Waals surface area contributed by atoms with Crippen molar-refractivity contribution in [2.75, 3.05) is 13.1 Å². The summed E-state index contributed by atoms with van der Waals surface area (Å²) in [6, 6.07) is 19.8. The Labute approximate surface area is 171 Å². The highest BCUT2D eigenvalue weighted by atomic mass is 16.1. The second-order valence-electron chi connectivity index (χ2n) is 7.83. The first-order valence-electron chi connectivity index (χ1n) is 10.2. The van der Waals surface area contributed by atoms with Crippen molar-refractivity contribution in [3.05, 3.63) is 82.1 Å². The van der Waals surface area contributed by atoms with Crippen LogP contribution in [0, 0.1) is 0 Å². The number of rotatable bonds is 5. The van der Waals surface area contributed by atoms with Crippen LogP contribution in [0.2, 0.25) is 0 Å². The summed E-state index contributed by atoms with van der Waals surface area (Å²) in [5.74, 6) is -0.0451. The van der Waals surface area contributed by atoms with Gasteiger partial charge in [-0.15, -0.1) is 0 Å². The summed E-state index contributed by atoms with van der Waals surface area (Å²) < 4.78 is 1.69. The van der Waals surface area contributed by atoms with Crippen molar-refractivity contribution >= 4 is 16.8 Å². The number of hydrogen-bond donors (Lipinski definition) is 1. The van der Waals surface area contributed by atoms with Crippen LogP contribution in [0.5, 0.6) is 0 Å². The molecule has 1 N–H and O–H groups in total. The van der Waals surface area contributed by atoms with E-state index in [0.29, 0.717) is 0 Å². The molecule has 5 nitrogen and oxygen atoms in total. The van der Waals surface area contributed by atoms with Crippen molar-refractivity contribution in [3.63, 3.8) is 0 Å². The normalized spacial score (nSPS) is 16.6. The van der Waals surface area contributed by atoms with Crippen molar-refractivity contribution in [2.24, 2.45) is 7.05 Å². The zero-order chi connectivity index (χ0) is 20.4. The first kappa shape index (κ1) is 19.4. The Morgan fingerprint density at radius 1 is 0.966 bits per heavy atom. The lowest BCUT2D eigenvalue weighted by molar-refractivity contribution is -0.120. The lowest BCUT2D eigenvalue weighted by Crippen LogP contribution is -2.39. The molecular formula is C24H27N3O2. The summed E-state index contributed by atoms with van der Waals surface area (Å²) in [4.78, 5) is 26.7. The van der Waals surface area contributed by atoms with E-state index in [1.54, 1.807) is 17.6 Å². The topological polar surface area (TPSA) is 54.3 Å². The van der Waals surface area contributed by atoms with Crippen LogP contribution in [0.1, 0.15) is 43.0 Å². The van der Waals surface area contributed by atoms with Gasteiger partial charge in [0.15, 0.2) is 0 Å². The van der Waals surface area contributed by atoms with Crippen molar-refractivity contribution < 1.29 is 4.79 Å². The number of nitrogens with zero attached hydrogens (tertiary/aromatic N) is 2. The van der Waals surface area contributed by atoms with E-state index < -0.39 is 0 Å². The number of carbonyl (C=O) groups excluding carboxylic acids is 1. The number of amides is 1. The summed E-state index contributed by atoms with van der Waals surface area (Å²) in [6.07, 6.45) is 2.31. The molecule has 4 rings (SSSR count). The predicted molar refractivity (Wildman–Crippen MR) is 116 cm³/mol. The molecule has 1 fully saturated rings. The van der Waals surface area contributed by atoms with Crippen LogP contribution in [-0.2, 0) is 11.8 Å². The van der Waals surface area contributed by atoms with Crippen molar-refractivity contribution in [3.8, 4) is 0 Å². The van der Waals surface area contributed by atoms with Gasteiger partial charge in [0.2, 0.25) is 5.91 Å². The summed E-state index contributed by atoms with van der Waals surface area (Å²) in [7, 11) is 1.81. The molecule has 150 valence electrons. The highest BCUT2D eigenvalue weighted by Gasteiger charge is 2.32. The molecule has 2 aromatic carbocycles. The van der Waals surface area contributed by atoms with Crippen molar-refractivity contribution in [2.45, 2.75) is 31.8 Å². The predicted octanol–water partition coefficient (Wildman–Crippen LogP) is 3.55. The molecule has 1 aliphatic rings. The van der Waals surface area contributed by atoms with E-state index in [1.807, 2.05) is 31.3 Å². The SMILES string of the molecule is CC(=O)NC(c1ccccc1)C(c1ccc2ccc(=O)n(C)c2c1)N1CCCC1. The largest absolute Gasteiger partial charge is 0.348 e. The Kier molecular flexibility index (Phi) is 5.49. The fraction of sp³-hybridized carbons (Fsp3) is 0.333. The second kappa shape index (κ2) is 8.21. The average molecular weight is 389 g/mol. The highest BCUT2D eigenvalue weighted by Crippen LogP contribution is 2.37.